The van der Waals surface area contributed by atoms with Crippen molar-refractivity contribution in [3.05, 3.63) is 0 Å². The Kier molecular flexibility index (Phi) is 22.8. The predicted molar refractivity (Wildman–Crippen MR) is 71.5 cm³/mol. The fraction of sp³-hybridized carbons (Fsp3) is 1.00. The van der Waals surface area contributed by atoms with Gasteiger partial charge >= 0.3 is 0 Å². The van der Waals surface area contributed by atoms with Crippen molar-refractivity contribution in [1.29, 1.82) is 0 Å². The van der Waals surface area contributed by atoms with Gasteiger partial charge in [-0.3, -0.25) is 0 Å². The quantitative estimate of drug-likeness (QED) is 0.326. The Labute approximate surface area is 139 Å². The van der Waals surface area contributed by atoms with Crippen LogP contribution in [0.15, 0.2) is 0 Å². The van der Waals surface area contributed by atoms with Gasteiger partial charge in [-0.2, -0.15) is 12.6 Å². The first-order valence-corrected chi connectivity index (χ1v) is 6.66. The molecule has 0 aromatic heterocycles. The molecule has 0 spiro atoms. The molecule has 0 aliphatic heterocycles. The maximum Gasteiger partial charge on any atom is 0 e. The Bertz CT molecular complexity index is 76.4. The van der Waals surface area contributed by atoms with E-state index in [1.54, 1.807) is 0 Å². The minimum atomic E-state index is 0. The van der Waals surface area contributed by atoms with Crippen molar-refractivity contribution in [2.75, 3.05) is 5.75 Å². The predicted octanol–water partition coefficient (Wildman–Crippen LogP) is 4.46. The Hall–Kier alpha value is 1.99. The summed E-state index contributed by atoms with van der Waals surface area (Å²) in [5.74, 6) is 1.07. The van der Waals surface area contributed by atoms with Crippen LogP contribution in [0.5, 0.6) is 0 Å². The molecular weight excluding hydrogens is 215 g/mol. The van der Waals surface area contributed by atoms with Crippen LogP contribution in [0, 0.1) is 0 Å². The average molecular weight is 242 g/mol. The Balaban J connectivity index is 0. The van der Waals surface area contributed by atoms with Crippen LogP contribution in [0.2, 0.25) is 0 Å². The second-order valence-electron chi connectivity index (χ2n) is 3.91. The van der Waals surface area contributed by atoms with E-state index in [1.807, 2.05) is 0 Å². The summed E-state index contributed by atoms with van der Waals surface area (Å²) >= 11 is 4.20. The normalized spacial score (nSPS) is 9.86. The molecule has 0 saturated carbocycles. The maximum absolute atomic E-state index is 4.20. The molecular formula is C12H26KS. The van der Waals surface area contributed by atoms with Crippen LogP contribution in [0.3, 0.4) is 0 Å². The molecule has 0 fully saturated rings. The molecule has 81 valence electrons. The van der Waals surface area contributed by atoms with E-state index in [-0.39, 0.29) is 51.4 Å². The Morgan fingerprint density at radius 2 is 1.00 bits per heavy atom. The number of thiol groups is 1. The largest absolute Gasteiger partial charge is 0.179 e. The third kappa shape index (κ3) is 16.4. The molecule has 0 nitrogen and oxygen atoms in total. The zero-order valence-electron chi connectivity index (χ0n) is 10.2. The molecule has 0 saturated heterocycles. The standard InChI is InChI=1S/C12H26S.K/c1-2-3-4-5-6-7-8-9-10-11-12-13;/h13H,2-12H2,1H3;. The molecule has 0 atom stereocenters. The molecule has 0 unspecified atom stereocenters. The molecule has 0 amide bonds. The molecule has 2 heteroatoms. The fourth-order valence-electron chi connectivity index (χ4n) is 1.60. The number of rotatable bonds is 10. The van der Waals surface area contributed by atoms with E-state index in [1.165, 1.54) is 64.2 Å². The average Bonchev–Trinajstić information content (AvgIpc) is 2.16. The fourth-order valence-corrected chi connectivity index (χ4v) is 1.82. The summed E-state index contributed by atoms with van der Waals surface area (Å²) in [6.07, 6.45) is 14.2. The molecule has 0 aliphatic carbocycles. The van der Waals surface area contributed by atoms with Gasteiger partial charge in [0.25, 0.3) is 0 Å². The first-order valence-electron chi connectivity index (χ1n) is 6.02. The van der Waals surface area contributed by atoms with Crippen LogP contribution in [0.1, 0.15) is 71.1 Å². The molecule has 0 rings (SSSR count). The van der Waals surface area contributed by atoms with Gasteiger partial charge in [0.2, 0.25) is 0 Å². The Morgan fingerprint density at radius 3 is 1.36 bits per heavy atom. The number of hydrogen-bond acceptors (Lipinski definition) is 1. The number of unbranched alkanes of at least 4 members (excludes halogenated alkanes) is 9. The second-order valence-corrected chi connectivity index (χ2v) is 4.35. The van der Waals surface area contributed by atoms with Crippen molar-refractivity contribution < 1.29 is 0 Å². The first kappa shape index (κ1) is 18.4. The van der Waals surface area contributed by atoms with E-state index in [2.05, 4.69) is 19.6 Å². The van der Waals surface area contributed by atoms with Gasteiger partial charge in [-0.25, -0.2) is 0 Å². The summed E-state index contributed by atoms with van der Waals surface area (Å²) in [6.45, 7) is 2.28. The van der Waals surface area contributed by atoms with Crippen molar-refractivity contribution in [3.8, 4) is 0 Å². The van der Waals surface area contributed by atoms with E-state index in [4.69, 9.17) is 0 Å². The SMILES string of the molecule is CCCCCCCCCCCCS.[K]. The van der Waals surface area contributed by atoms with E-state index in [9.17, 15) is 0 Å². The molecule has 14 heavy (non-hydrogen) atoms. The van der Waals surface area contributed by atoms with E-state index >= 15 is 0 Å². The molecule has 0 heterocycles. The van der Waals surface area contributed by atoms with E-state index in [0.29, 0.717) is 0 Å². The maximum atomic E-state index is 4.20. The van der Waals surface area contributed by atoms with Crippen LogP contribution < -0.4 is 0 Å². The monoisotopic (exact) mass is 241 g/mol. The van der Waals surface area contributed by atoms with Gasteiger partial charge in [0, 0.05) is 51.4 Å². The van der Waals surface area contributed by atoms with Crippen molar-refractivity contribution >= 4 is 64.0 Å². The summed E-state index contributed by atoms with van der Waals surface area (Å²) in [6, 6.07) is 0. The van der Waals surface area contributed by atoms with Crippen molar-refractivity contribution in [2.24, 2.45) is 0 Å². The van der Waals surface area contributed by atoms with Crippen molar-refractivity contribution in [1.82, 2.24) is 0 Å². The molecule has 0 aliphatic rings. The van der Waals surface area contributed by atoms with Gasteiger partial charge in [-0.05, 0) is 12.2 Å². The van der Waals surface area contributed by atoms with Crippen LogP contribution in [-0.4, -0.2) is 57.1 Å². The topological polar surface area (TPSA) is 0 Å². The van der Waals surface area contributed by atoms with Gasteiger partial charge in [0.15, 0.2) is 0 Å². The molecule has 0 N–H and O–H groups in total. The second kappa shape index (κ2) is 17.4. The van der Waals surface area contributed by atoms with Gasteiger partial charge in [0.05, 0.1) is 0 Å². The molecule has 0 aromatic carbocycles. The van der Waals surface area contributed by atoms with Gasteiger partial charge < -0.3 is 0 Å². The van der Waals surface area contributed by atoms with E-state index < -0.39 is 0 Å². The summed E-state index contributed by atoms with van der Waals surface area (Å²) in [7, 11) is 0. The molecule has 1 radical (unpaired) electrons. The third-order valence-electron chi connectivity index (χ3n) is 2.51. The van der Waals surface area contributed by atoms with Gasteiger partial charge in [-0.15, -0.1) is 0 Å². The molecule has 0 bridgehead atoms. The smallest absolute Gasteiger partial charge is 0 e. The van der Waals surface area contributed by atoms with Crippen LogP contribution in [0.4, 0.5) is 0 Å². The minimum absolute atomic E-state index is 0. The first-order chi connectivity index (χ1) is 6.41. The van der Waals surface area contributed by atoms with Crippen LogP contribution in [0.25, 0.3) is 0 Å². The third-order valence-corrected chi connectivity index (χ3v) is 2.83. The molecule has 0 aromatic rings. The minimum Gasteiger partial charge on any atom is -0.179 e. The van der Waals surface area contributed by atoms with Crippen molar-refractivity contribution in [2.45, 2.75) is 71.1 Å². The van der Waals surface area contributed by atoms with Crippen molar-refractivity contribution in [3.63, 3.8) is 0 Å². The van der Waals surface area contributed by atoms with E-state index in [0.717, 1.165) is 5.75 Å². The summed E-state index contributed by atoms with van der Waals surface area (Å²) < 4.78 is 0. The Morgan fingerprint density at radius 1 is 0.643 bits per heavy atom. The zero-order chi connectivity index (χ0) is 9.78. The van der Waals surface area contributed by atoms with Crippen LogP contribution in [-0.2, 0) is 0 Å². The van der Waals surface area contributed by atoms with Gasteiger partial charge in [0.1, 0.15) is 0 Å². The summed E-state index contributed by atoms with van der Waals surface area (Å²) in [5.41, 5.74) is 0. The van der Waals surface area contributed by atoms with Gasteiger partial charge in [-0.1, -0.05) is 64.7 Å². The summed E-state index contributed by atoms with van der Waals surface area (Å²) in [4.78, 5) is 0. The van der Waals surface area contributed by atoms with Crippen LogP contribution >= 0.6 is 12.6 Å². The number of hydrogen-bond donors (Lipinski definition) is 1. The zero-order valence-corrected chi connectivity index (χ0v) is 14.2. The summed E-state index contributed by atoms with van der Waals surface area (Å²) in [5, 5.41) is 0.